The van der Waals surface area contributed by atoms with E-state index in [1.54, 1.807) is 19.9 Å². The molecule has 0 aliphatic heterocycles. The molecule has 2 heteroatoms. The number of hydrogen-bond acceptors (Lipinski definition) is 2. The molecule has 0 radical (unpaired) electrons. The molecule has 2 nitrogen and oxygen atoms in total. The fraction of sp³-hybridized carbons (Fsp3) is 0.786. The summed E-state index contributed by atoms with van der Waals surface area (Å²) in [6.45, 7) is 9.18. The van der Waals surface area contributed by atoms with Gasteiger partial charge >= 0.3 is 0 Å². The SMILES string of the molecule is C=CCC(=O)C(CCCCCC)C(C)(C)O. The molecular formula is C14H26O2. The zero-order chi connectivity index (χ0) is 12.6. The highest BCUT2D eigenvalue weighted by atomic mass is 16.3. The summed E-state index contributed by atoms with van der Waals surface area (Å²) in [7, 11) is 0. The minimum absolute atomic E-state index is 0.110. The minimum Gasteiger partial charge on any atom is -0.390 e. The van der Waals surface area contributed by atoms with E-state index in [4.69, 9.17) is 0 Å². The van der Waals surface area contributed by atoms with Crippen LogP contribution in [0.4, 0.5) is 0 Å². The zero-order valence-corrected chi connectivity index (χ0v) is 11.0. The van der Waals surface area contributed by atoms with Gasteiger partial charge in [-0.25, -0.2) is 0 Å². The maximum atomic E-state index is 11.8. The molecule has 0 aliphatic rings. The van der Waals surface area contributed by atoms with Gasteiger partial charge in [-0.15, -0.1) is 6.58 Å². The fourth-order valence-electron chi connectivity index (χ4n) is 1.97. The van der Waals surface area contributed by atoms with E-state index in [-0.39, 0.29) is 11.7 Å². The van der Waals surface area contributed by atoms with Crippen LogP contribution in [0.15, 0.2) is 12.7 Å². The molecular weight excluding hydrogens is 200 g/mol. The number of rotatable bonds is 9. The van der Waals surface area contributed by atoms with Crippen molar-refractivity contribution in [3.8, 4) is 0 Å². The zero-order valence-electron chi connectivity index (χ0n) is 11.0. The van der Waals surface area contributed by atoms with Crippen LogP contribution in [0.5, 0.6) is 0 Å². The van der Waals surface area contributed by atoms with Crippen LogP contribution in [0.3, 0.4) is 0 Å². The lowest BCUT2D eigenvalue weighted by Crippen LogP contribution is -2.36. The highest BCUT2D eigenvalue weighted by Gasteiger charge is 2.31. The quantitative estimate of drug-likeness (QED) is 0.482. The van der Waals surface area contributed by atoms with Crippen LogP contribution >= 0.6 is 0 Å². The summed E-state index contributed by atoms with van der Waals surface area (Å²) in [5, 5.41) is 9.98. The van der Waals surface area contributed by atoms with Gasteiger partial charge in [-0.05, 0) is 20.3 Å². The second kappa shape index (κ2) is 7.61. The van der Waals surface area contributed by atoms with E-state index in [9.17, 15) is 9.90 Å². The molecule has 0 saturated heterocycles. The van der Waals surface area contributed by atoms with E-state index >= 15 is 0 Å². The minimum atomic E-state index is -0.910. The predicted molar refractivity (Wildman–Crippen MR) is 68.4 cm³/mol. The molecule has 0 fully saturated rings. The van der Waals surface area contributed by atoms with Gasteiger partial charge in [-0.1, -0.05) is 38.7 Å². The molecule has 0 aromatic carbocycles. The summed E-state index contributed by atoms with van der Waals surface area (Å²) in [5.74, 6) is -0.138. The molecule has 16 heavy (non-hydrogen) atoms. The molecule has 0 heterocycles. The Morgan fingerprint density at radius 3 is 2.44 bits per heavy atom. The lowest BCUT2D eigenvalue weighted by molar-refractivity contribution is -0.129. The maximum absolute atomic E-state index is 11.8. The highest BCUT2D eigenvalue weighted by Crippen LogP contribution is 2.25. The van der Waals surface area contributed by atoms with Crippen LogP contribution in [-0.4, -0.2) is 16.5 Å². The normalized spacial score (nSPS) is 13.5. The van der Waals surface area contributed by atoms with E-state index in [0.717, 1.165) is 19.3 Å². The van der Waals surface area contributed by atoms with Crippen LogP contribution in [-0.2, 0) is 4.79 Å². The van der Waals surface area contributed by atoms with Crippen molar-refractivity contribution < 1.29 is 9.90 Å². The first-order chi connectivity index (χ1) is 7.43. The van der Waals surface area contributed by atoms with Gasteiger partial charge in [0.05, 0.1) is 5.60 Å². The molecule has 0 aromatic rings. The summed E-state index contributed by atoms with van der Waals surface area (Å²) in [6.07, 6.45) is 7.32. The topological polar surface area (TPSA) is 37.3 Å². The first-order valence-electron chi connectivity index (χ1n) is 6.29. The molecule has 0 spiro atoms. The van der Waals surface area contributed by atoms with Crippen LogP contribution in [0, 0.1) is 5.92 Å². The third kappa shape index (κ3) is 6.06. The Balaban J connectivity index is 4.22. The van der Waals surface area contributed by atoms with Crippen LogP contribution < -0.4 is 0 Å². The van der Waals surface area contributed by atoms with Crippen molar-refractivity contribution in [2.45, 2.75) is 64.9 Å². The molecule has 94 valence electrons. The maximum Gasteiger partial charge on any atom is 0.142 e. The molecule has 1 unspecified atom stereocenters. The van der Waals surface area contributed by atoms with Gasteiger partial charge in [0.2, 0.25) is 0 Å². The Labute approximate surface area is 99.7 Å². The lowest BCUT2D eigenvalue weighted by Gasteiger charge is -2.28. The Morgan fingerprint density at radius 1 is 1.38 bits per heavy atom. The van der Waals surface area contributed by atoms with Crippen LogP contribution in [0.1, 0.15) is 59.3 Å². The molecule has 0 aliphatic carbocycles. The molecule has 0 bridgehead atoms. The molecule has 1 N–H and O–H groups in total. The smallest absolute Gasteiger partial charge is 0.142 e. The average molecular weight is 226 g/mol. The first-order valence-corrected chi connectivity index (χ1v) is 6.29. The second-order valence-electron chi connectivity index (χ2n) is 5.01. The number of allylic oxidation sites excluding steroid dienone is 1. The highest BCUT2D eigenvalue weighted by molar-refractivity contribution is 5.83. The van der Waals surface area contributed by atoms with E-state index in [2.05, 4.69) is 13.5 Å². The Hall–Kier alpha value is -0.630. The molecule has 0 aromatic heterocycles. The summed E-state index contributed by atoms with van der Waals surface area (Å²) in [4.78, 5) is 11.8. The Kier molecular flexibility index (Phi) is 7.31. The standard InChI is InChI=1S/C14H26O2/c1-5-7-8-9-11-12(14(3,4)16)13(15)10-6-2/h6,12,16H,2,5,7-11H2,1,3-4H3. The summed E-state index contributed by atoms with van der Waals surface area (Å²) < 4.78 is 0. The summed E-state index contributed by atoms with van der Waals surface area (Å²) in [5.41, 5.74) is -0.910. The second-order valence-corrected chi connectivity index (χ2v) is 5.01. The third-order valence-corrected chi connectivity index (χ3v) is 2.93. The number of hydrogen-bond donors (Lipinski definition) is 1. The molecule has 0 rings (SSSR count). The lowest BCUT2D eigenvalue weighted by atomic mass is 9.82. The third-order valence-electron chi connectivity index (χ3n) is 2.93. The number of ketones is 1. The average Bonchev–Trinajstić information content (AvgIpc) is 2.16. The largest absolute Gasteiger partial charge is 0.390 e. The van der Waals surface area contributed by atoms with E-state index < -0.39 is 5.60 Å². The van der Waals surface area contributed by atoms with Crippen LogP contribution in [0.25, 0.3) is 0 Å². The first kappa shape index (κ1) is 15.4. The van der Waals surface area contributed by atoms with Crippen molar-refractivity contribution in [2.24, 2.45) is 5.92 Å². The van der Waals surface area contributed by atoms with Crippen LogP contribution in [0.2, 0.25) is 0 Å². The van der Waals surface area contributed by atoms with Crippen molar-refractivity contribution in [1.82, 2.24) is 0 Å². The number of unbranched alkanes of at least 4 members (excludes halogenated alkanes) is 3. The fourth-order valence-corrected chi connectivity index (χ4v) is 1.97. The van der Waals surface area contributed by atoms with Crippen molar-refractivity contribution in [1.29, 1.82) is 0 Å². The number of carbonyl (C=O) groups excluding carboxylic acids is 1. The van der Waals surface area contributed by atoms with Gasteiger partial charge in [0.1, 0.15) is 5.78 Å². The molecule has 0 amide bonds. The molecule has 1 atom stereocenters. The van der Waals surface area contributed by atoms with Crippen molar-refractivity contribution in [3.05, 3.63) is 12.7 Å². The Morgan fingerprint density at radius 2 is 2.00 bits per heavy atom. The number of aliphatic hydroxyl groups is 1. The van der Waals surface area contributed by atoms with E-state index in [1.807, 2.05) is 0 Å². The molecule has 0 saturated carbocycles. The Bertz CT molecular complexity index is 213. The summed E-state index contributed by atoms with van der Waals surface area (Å²) >= 11 is 0. The monoisotopic (exact) mass is 226 g/mol. The van der Waals surface area contributed by atoms with Gasteiger partial charge in [0.25, 0.3) is 0 Å². The number of carbonyl (C=O) groups is 1. The van der Waals surface area contributed by atoms with E-state index in [1.165, 1.54) is 12.8 Å². The van der Waals surface area contributed by atoms with Gasteiger partial charge in [-0.3, -0.25) is 4.79 Å². The van der Waals surface area contributed by atoms with Gasteiger partial charge in [-0.2, -0.15) is 0 Å². The number of Topliss-reactive ketones (excluding diaryl/α,β-unsaturated/α-hetero) is 1. The van der Waals surface area contributed by atoms with Crippen molar-refractivity contribution in [2.75, 3.05) is 0 Å². The van der Waals surface area contributed by atoms with Crippen molar-refractivity contribution >= 4 is 5.78 Å². The van der Waals surface area contributed by atoms with Gasteiger partial charge in [0, 0.05) is 12.3 Å². The van der Waals surface area contributed by atoms with Gasteiger partial charge < -0.3 is 5.11 Å². The van der Waals surface area contributed by atoms with Gasteiger partial charge in [0.15, 0.2) is 0 Å². The summed E-state index contributed by atoms with van der Waals surface area (Å²) in [6, 6.07) is 0. The van der Waals surface area contributed by atoms with Crippen molar-refractivity contribution in [3.63, 3.8) is 0 Å². The van der Waals surface area contributed by atoms with E-state index in [0.29, 0.717) is 6.42 Å². The predicted octanol–water partition coefficient (Wildman–Crippen LogP) is 3.49.